The van der Waals surface area contributed by atoms with Crippen LogP contribution in [-0.4, -0.2) is 54.4 Å². The largest absolute Gasteiger partial charge is 0.490 e. The molecule has 0 bridgehead atoms. The minimum atomic E-state index is -0.0297. The van der Waals surface area contributed by atoms with Gasteiger partial charge in [0.25, 0.3) is 5.91 Å². The van der Waals surface area contributed by atoms with E-state index >= 15 is 0 Å². The second-order valence-corrected chi connectivity index (χ2v) is 6.10. The highest BCUT2D eigenvalue weighted by Gasteiger charge is 2.29. The highest BCUT2D eigenvalue weighted by Crippen LogP contribution is 2.28. The van der Waals surface area contributed by atoms with E-state index in [-0.39, 0.29) is 11.8 Å². The van der Waals surface area contributed by atoms with E-state index in [1.54, 1.807) is 20.1 Å². The molecule has 1 atom stereocenters. The molecule has 0 unspecified atom stereocenters. The second-order valence-electron chi connectivity index (χ2n) is 6.10. The maximum absolute atomic E-state index is 13.0. The number of para-hydroxylation sites is 1. The van der Waals surface area contributed by atoms with Crippen molar-refractivity contribution in [2.75, 3.05) is 33.4 Å². The van der Waals surface area contributed by atoms with E-state index in [9.17, 15) is 4.79 Å². The van der Waals surface area contributed by atoms with Crippen LogP contribution in [0, 0.1) is 6.92 Å². The number of likely N-dealkylation sites (tertiary alicyclic amines) is 1. The van der Waals surface area contributed by atoms with Crippen LogP contribution in [0.15, 0.2) is 28.8 Å². The van der Waals surface area contributed by atoms with Crippen molar-refractivity contribution < 1.29 is 18.8 Å². The number of hydrogen-bond donors (Lipinski definition) is 0. The van der Waals surface area contributed by atoms with Crippen molar-refractivity contribution >= 4 is 5.91 Å². The molecular formula is C18H23N3O4. The molecule has 1 aromatic carbocycles. The number of benzene rings is 1. The molecule has 1 aliphatic heterocycles. The Kier molecular flexibility index (Phi) is 5.65. The SMILES string of the molecule is COCCOc1ccccc1C(=O)N1CCC[C@H](c2noc(C)n2)C1. The molecule has 7 heteroatoms. The Hall–Kier alpha value is -2.41. The molecule has 1 amide bonds. The fraction of sp³-hybridized carbons (Fsp3) is 0.500. The number of carbonyl (C=O) groups excluding carboxylic acids is 1. The lowest BCUT2D eigenvalue weighted by Gasteiger charge is -2.31. The fourth-order valence-electron chi connectivity index (χ4n) is 3.03. The first-order chi connectivity index (χ1) is 12.2. The average molecular weight is 345 g/mol. The van der Waals surface area contributed by atoms with Crippen LogP contribution in [0.2, 0.25) is 0 Å². The maximum Gasteiger partial charge on any atom is 0.257 e. The maximum atomic E-state index is 13.0. The third kappa shape index (κ3) is 4.17. The Bertz CT molecular complexity index is 716. The molecular weight excluding hydrogens is 322 g/mol. The zero-order chi connectivity index (χ0) is 17.6. The first-order valence-electron chi connectivity index (χ1n) is 8.49. The van der Waals surface area contributed by atoms with Crippen molar-refractivity contribution in [3.63, 3.8) is 0 Å². The Labute approximate surface area is 146 Å². The van der Waals surface area contributed by atoms with Crippen LogP contribution in [-0.2, 0) is 4.74 Å². The topological polar surface area (TPSA) is 77.7 Å². The minimum absolute atomic E-state index is 0.0297. The van der Waals surface area contributed by atoms with Gasteiger partial charge in [0.15, 0.2) is 5.82 Å². The Morgan fingerprint density at radius 3 is 2.96 bits per heavy atom. The summed E-state index contributed by atoms with van der Waals surface area (Å²) in [5.41, 5.74) is 0.573. The van der Waals surface area contributed by atoms with Crippen LogP contribution < -0.4 is 4.74 Å². The van der Waals surface area contributed by atoms with Gasteiger partial charge < -0.3 is 18.9 Å². The average Bonchev–Trinajstić information content (AvgIpc) is 3.08. The molecule has 0 saturated carbocycles. The van der Waals surface area contributed by atoms with Crippen LogP contribution in [0.4, 0.5) is 0 Å². The van der Waals surface area contributed by atoms with E-state index in [0.717, 1.165) is 19.4 Å². The molecule has 3 rings (SSSR count). The predicted molar refractivity (Wildman–Crippen MR) is 90.7 cm³/mol. The van der Waals surface area contributed by atoms with Gasteiger partial charge >= 0.3 is 0 Å². The lowest BCUT2D eigenvalue weighted by Crippen LogP contribution is -2.39. The molecule has 1 saturated heterocycles. The van der Waals surface area contributed by atoms with Gasteiger partial charge in [0.05, 0.1) is 12.2 Å². The van der Waals surface area contributed by atoms with E-state index in [0.29, 0.717) is 42.8 Å². The summed E-state index contributed by atoms with van der Waals surface area (Å²) in [5.74, 6) is 1.90. The molecule has 2 aromatic rings. The second kappa shape index (κ2) is 8.11. The lowest BCUT2D eigenvalue weighted by atomic mass is 9.96. The third-order valence-corrected chi connectivity index (χ3v) is 4.28. The summed E-state index contributed by atoms with van der Waals surface area (Å²) < 4.78 is 15.8. The van der Waals surface area contributed by atoms with Gasteiger partial charge in [-0.3, -0.25) is 4.79 Å². The Balaban J connectivity index is 1.72. The number of ether oxygens (including phenoxy) is 2. The number of piperidine rings is 1. The van der Waals surface area contributed by atoms with Gasteiger partial charge in [-0.05, 0) is 25.0 Å². The zero-order valence-electron chi connectivity index (χ0n) is 14.6. The van der Waals surface area contributed by atoms with Gasteiger partial charge in [-0.2, -0.15) is 4.98 Å². The summed E-state index contributed by atoms with van der Waals surface area (Å²) in [6.45, 7) is 3.97. The highest BCUT2D eigenvalue weighted by molar-refractivity contribution is 5.97. The number of nitrogens with zero attached hydrogens (tertiary/aromatic N) is 3. The first kappa shape index (κ1) is 17.4. The number of methoxy groups -OCH3 is 1. The smallest absolute Gasteiger partial charge is 0.257 e. The van der Waals surface area contributed by atoms with Gasteiger partial charge in [0.1, 0.15) is 12.4 Å². The predicted octanol–water partition coefficient (Wildman–Crippen LogP) is 2.42. The van der Waals surface area contributed by atoms with Gasteiger partial charge in [0, 0.05) is 33.0 Å². The zero-order valence-corrected chi connectivity index (χ0v) is 14.6. The summed E-state index contributed by atoms with van der Waals surface area (Å²) in [4.78, 5) is 19.1. The molecule has 2 heterocycles. The van der Waals surface area contributed by atoms with Gasteiger partial charge in [-0.1, -0.05) is 17.3 Å². The summed E-state index contributed by atoms with van der Waals surface area (Å²) in [5, 5.41) is 4.01. The standard InChI is InChI=1S/C18H23N3O4/c1-13-19-17(20-25-13)14-6-5-9-21(12-14)18(22)15-7-3-4-8-16(15)24-11-10-23-2/h3-4,7-8,14H,5-6,9-12H2,1-2H3/t14-/m0/s1. The molecule has 134 valence electrons. The molecule has 7 nitrogen and oxygen atoms in total. The number of amides is 1. The van der Waals surface area contributed by atoms with Crippen LogP contribution in [0.1, 0.15) is 40.8 Å². The monoisotopic (exact) mass is 345 g/mol. The number of aromatic nitrogens is 2. The summed E-state index contributed by atoms with van der Waals surface area (Å²) in [7, 11) is 1.62. The van der Waals surface area contributed by atoms with Crippen molar-refractivity contribution in [2.24, 2.45) is 0 Å². The molecule has 1 aliphatic rings. The van der Waals surface area contributed by atoms with Crippen LogP contribution in [0.25, 0.3) is 0 Å². The number of carbonyl (C=O) groups is 1. The van der Waals surface area contributed by atoms with Crippen LogP contribution in [0.5, 0.6) is 5.75 Å². The molecule has 0 aliphatic carbocycles. The van der Waals surface area contributed by atoms with Crippen molar-refractivity contribution in [1.29, 1.82) is 0 Å². The Morgan fingerprint density at radius 2 is 2.20 bits per heavy atom. The van der Waals surface area contributed by atoms with Crippen molar-refractivity contribution in [1.82, 2.24) is 15.0 Å². The van der Waals surface area contributed by atoms with Crippen molar-refractivity contribution in [3.05, 3.63) is 41.5 Å². The molecule has 0 spiro atoms. The number of rotatable bonds is 6. The Morgan fingerprint density at radius 1 is 1.36 bits per heavy atom. The van der Waals surface area contributed by atoms with Crippen LogP contribution >= 0.6 is 0 Å². The van der Waals surface area contributed by atoms with Crippen molar-refractivity contribution in [2.45, 2.75) is 25.7 Å². The van der Waals surface area contributed by atoms with E-state index in [2.05, 4.69) is 10.1 Å². The van der Waals surface area contributed by atoms with Crippen LogP contribution in [0.3, 0.4) is 0 Å². The molecule has 0 radical (unpaired) electrons. The lowest BCUT2D eigenvalue weighted by molar-refractivity contribution is 0.0696. The fourth-order valence-corrected chi connectivity index (χ4v) is 3.03. The quantitative estimate of drug-likeness (QED) is 0.748. The van der Waals surface area contributed by atoms with Crippen molar-refractivity contribution in [3.8, 4) is 5.75 Å². The molecule has 1 fully saturated rings. The molecule has 1 aromatic heterocycles. The number of hydrogen-bond acceptors (Lipinski definition) is 6. The highest BCUT2D eigenvalue weighted by atomic mass is 16.5. The minimum Gasteiger partial charge on any atom is -0.490 e. The molecule has 25 heavy (non-hydrogen) atoms. The first-order valence-corrected chi connectivity index (χ1v) is 8.49. The van der Waals surface area contributed by atoms with Gasteiger partial charge in [-0.15, -0.1) is 0 Å². The van der Waals surface area contributed by atoms with Gasteiger partial charge in [0.2, 0.25) is 5.89 Å². The van der Waals surface area contributed by atoms with E-state index in [4.69, 9.17) is 14.0 Å². The summed E-state index contributed by atoms with van der Waals surface area (Å²) >= 11 is 0. The van der Waals surface area contributed by atoms with E-state index in [1.807, 2.05) is 23.1 Å². The normalized spacial score (nSPS) is 17.5. The summed E-state index contributed by atoms with van der Waals surface area (Å²) in [6, 6.07) is 7.32. The summed E-state index contributed by atoms with van der Waals surface area (Å²) in [6.07, 6.45) is 1.87. The van der Waals surface area contributed by atoms with E-state index < -0.39 is 0 Å². The third-order valence-electron chi connectivity index (χ3n) is 4.28. The van der Waals surface area contributed by atoms with Gasteiger partial charge in [-0.25, -0.2) is 0 Å². The number of aryl methyl sites for hydroxylation is 1. The molecule has 0 N–H and O–H groups in total. The van der Waals surface area contributed by atoms with E-state index in [1.165, 1.54) is 0 Å².